The van der Waals surface area contributed by atoms with E-state index in [0.717, 1.165) is 55.2 Å². The molecule has 55 heavy (non-hydrogen) atoms. The van der Waals surface area contributed by atoms with Gasteiger partial charge >= 0.3 is 0 Å². The predicted octanol–water partition coefficient (Wildman–Crippen LogP) is 13.4. The molecule has 0 saturated carbocycles. The van der Waals surface area contributed by atoms with Crippen molar-refractivity contribution in [3.63, 3.8) is 0 Å². The zero-order chi connectivity index (χ0) is 36.3. The molecule has 11 rings (SSSR count). The second-order valence-electron chi connectivity index (χ2n) is 13.8. The van der Waals surface area contributed by atoms with Crippen LogP contribution in [0.2, 0.25) is 0 Å². The maximum Gasteiger partial charge on any atom is 0.164 e. The first kappa shape index (κ1) is 31.4. The third-order valence-electron chi connectivity index (χ3n) is 10.5. The fraction of sp³-hybridized carbons (Fsp3) is 0. The molecule has 256 valence electrons. The van der Waals surface area contributed by atoms with Gasteiger partial charge in [0, 0.05) is 47.8 Å². The molecule has 0 saturated heterocycles. The van der Waals surface area contributed by atoms with Crippen LogP contribution in [-0.4, -0.2) is 19.9 Å². The van der Waals surface area contributed by atoms with Gasteiger partial charge in [-0.1, -0.05) is 152 Å². The van der Waals surface area contributed by atoms with Crippen LogP contribution >= 0.6 is 11.3 Å². The number of pyridine rings is 1. The Morgan fingerprint density at radius 2 is 0.891 bits per heavy atom. The Bertz CT molecular complexity index is 3250. The lowest BCUT2D eigenvalue weighted by Crippen LogP contribution is -2.00. The van der Waals surface area contributed by atoms with E-state index in [4.69, 9.17) is 19.9 Å². The van der Waals surface area contributed by atoms with E-state index >= 15 is 0 Å². The summed E-state index contributed by atoms with van der Waals surface area (Å²) in [6.45, 7) is 0. The van der Waals surface area contributed by atoms with Crippen LogP contribution < -0.4 is 0 Å². The third-order valence-corrected chi connectivity index (χ3v) is 11.7. The van der Waals surface area contributed by atoms with Gasteiger partial charge in [0.15, 0.2) is 17.5 Å². The highest BCUT2D eigenvalue weighted by Gasteiger charge is 2.19. The molecule has 5 heteroatoms. The molecule has 3 aromatic heterocycles. The van der Waals surface area contributed by atoms with Gasteiger partial charge in [-0.15, -0.1) is 11.3 Å². The van der Waals surface area contributed by atoms with Gasteiger partial charge in [-0.3, -0.25) is 0 Å². The smallest absolute Gasteiger partial charge is 0.164 e. The summed E-state index contributed by atoms with van der Waals surface area (Å²) in [5.74, 6) is 1.90. The van der Waals surface area contributed by atoms with Crippen LogP contribution in [-0.2, 0) is 0 Å². The van der Waals surface area contributed by atoms with Gasteiger partial charge in [0.05, 0.1) is 11.2 Å². The molecule has 11 aromatic rings. The Morgan fingerprint density at radius 3 is 1.64 bits per heavy atom. The summed E-state index contributed by atoms with van der Waals surface area (Å²) in [6, 6.07) is 63.8. The lowest BCUT2D eigenvalue weighted by atomic mass is 9.93. The number of benzene rings is 8. The second-order valence-corrected chi connectivity index (χ2v) is 14.9. The summed E-state index contributed by atoms with van der Waals surface area (Å²) in [6.07, 6.45) is 0. The van der Waals surface area contributed by atoms with E-state index in [1.54, 1.807) is 0 Å². The molecule has 3 heterocycles. The Morgan fingerprint density at radius 1 is 0.345 bits per heavy atom. The Balaban J connectivity index is 1.08. The Labute approximate surface area is 321 Å². The van der Waals surface area contributed by atoms with E-state index in [1.807, 2.05) is 35.6 Å². The van der Waals surface area contributed by atoms with Crippen molar-refractivity contribution in [3.05, 3.63) is 182 Å². The molecule has 0 aliphatic heterocycles. The predicted molar refractivity (Wildman–Crippen MR) is 230 cm³/mol. The molecule has 0 atom stereocenters. The van der Waals surface area contributed by atoms with Crippen LogP contribution in [0.25, 0.3) is 109 Å². The molecule has 0 aliphatic rings. The average molecular weight is 719 g/mol. The summed E-state index contributed by atoms with van der Waals surface area (Å²) in [7, 11) is 0. The van der Waals surface area contributed by atoms with Crippen molar-refractivity contribution in [2.24, 2.45) is 0 Å². The van der Waals surface area contributed by atoms with Gasteiger partial charge in [-0.2, -0.15) is 0 Å². The van der Waals surface area contributed by atoms with Gasteiger partial charge < -0.3 is 0 Å². The van der Waals surface area contributed by atoms with Gasteiger partial charge in [-0.25, -0.2) is 19.9 Å². The number of aromatic nitrogens is 4. The first-order valence-electron chi connectivity index (χ1n) is 18.4. The van der Waals surface area contributed by atoms with Gasteiger partial charge in [0.1, 0.15) is 0 Å². The van der Waals surface area contributed by atoms with Crippen LogP contribution in [0.4, 0.5) is 0 Å². The minimum absolute atomic E-state index is 0.629. The van der Waals surface area contributed by atoms with E-state index in [1.165, 1.54) is 36.5 Å². The molecular formula is C50H30N4S. The van der Waals surface area contributed by atoms with Crippen molar-refractivity contribution in [1.29, 1.82) is 0 Å². The van der Waals surface area contributed by atoms with Crippen molar-refractivity contribution >= 4 is 64.0 Å². The van der Waals surface area contributed by atoms with E-state index in [9.17, 15) is 0 Å². The molecule has 8 aromatic carbocycles. The first-order chi connectivity index (χ1) is 27.2. The largest absolute Gasteiger partial charge is 0.247 e. The summed E-state index contributed by atoms with van der Waals surface area (Å²) in [5, 5.41) is 8.44. The number of fused-ring (bicyclic) bond motifs is 8. The number of para-hydroxylation sites is 1. The Hall–Kier alpha value is -7.08. The van der Waals surface area contributed by atoms with E-state index in [0.29, 0.717) is 17.5 Å². The standard InChI is InChI=1S/C50H30N4S/c1-3-13-32(14-4-1)46-45-42-30-36(27-28-44(42)55-47(45)40-21-11-12-22-43(40)51-46)50-53-48(33-15-5-2-6-16-33)52-49(54-50)34-25-23-31(24-26-34)41-29-35-17-7-8-18-37(35)38-19-9-10-20-39(38)41/h1-30H. The van der Waals surface area contributed by atoms with Crippen LogP contribution in [0.15, 0.2) is 182 Å². The summed E-state index contributed by atoms with van der Waals surface area (Å²) in [4.78, 5) is 20.5. The van der Waals surface area contributed by atoms with Crippen molar-refractivity contribution in [2.75, 3.05) is 0 Å². The van der Waals surface area contributed by atoms with Crippen LogP contribution in [0.1, 0.15) is 0 Å². The highest BCUT2D eigenvalue weighted by molar-refractivity contribution is 7.26. The fourth-order valence-electron chi connectivity index (χ4n) is 7.85. The molecular weight excluding hydrogens is 689 g/mol. The van der Waals surface area contributed by atoms with Crippen LogP contribution in [0, 0.1) is 0 Å². The quantitative estimate of drug-likeness (QED) is 0.166. The van der Waals surface area contributed by atoms with E-state index in [-0.39, 0.29) is 0 Å². The van der Waals surface area contributed by atoms with Gasteiger partial charge in [-0.05, 0) is 63.0 Å². The maximum atomic E-state index is 5.23. The molecule has 0 N–H and O–H groups in total. The number of nitrogens with zero attached hydrogens (tertiary/aromatic N) is 4. The van der Waals surface area contributed by atoms with Crippen molar-refractivity contribution in [2.45, 2.75) is 0 Å². The number of rotatable bonds is 5. The number of hydrogen-bond donors (Lipinski definition) is 0. The molecule has 0 spiro atoms. The summed E-state index contributed by atoms with van der Waals surface area (Å²) < 4.78 is 2.43. The highest BCUT2D eigenvalue weighted by atomic mass is 32.1. The molecule has 0 fully saturated rings. The lowest BCUT2D eigenvalue weighted by molar-refractivity contribution is 1.07. The minimum Gasteiger partial charge on any atom is -0.247 e. The zero-order valence-electron chi connectivity index (χ0n) is 29.5. The summed E-state index contributed by atoms with van der Waals surface area (Å²) in [5.41, 5.74) is 8.23. The zero-order valence-corrected chi connectivity index (χ0v) is 30.3. The number of hydrogen-bond acceptors (Lipinski definition) is 5. The molecule has 0 aliphatic carbocycles. The van der Waals surface area contributed by atoms with Crippen LogP contribution in [0.3, 0.4) is 0 Å². The molecule has 0 amide bonds. The summed E-state index contributed by atoms with van der Waals surface area (Å²) >= 11 is 1.81. The fourth-order valence-corrected chi connectivity index (χ4v) is 9.07. The van der Waals surface area contributed by atoms with Crippen molar-refractivity contribution in [1.82, 2.24) is 19.9 Å². The molecule has 0 unspecified atom stereocenters. The van der Waals surface area contributed by atoms with Gasteiger partial charge in [0.2, 0.25) is 0 Å². The molecule has 4 nitrogen and oxygen atoms in total. The van der Waals surface area contributed by atoms with Gasteiger partial charge in [0.25, 0.3) is 0 Å². The highest BCUT2D eigenvalue weighted by Crippen LogP contribution is 2.44. The minimum atomic E-state index is 0.629. The maximum absolute atomic E-state index is 5.23. The monoisotopic (exact) mass is 718 g/mol. The molecule has 0 bridgehead atoms. The average Bonchev–Trinajstić information content (AvgIpc) is 3.66. The first-order valence-corrected chi connectivity index (χ1v) is 19.2. The third kappa shape index (κ3) is 5.36. The van der Waals surface area contributed by atoms with E-state index in [2.05, 4.69) is 158 Å². The topological polar surface area (TPSA) is 51.6 Å². The normalized spacial score (nSPS) is 11.6. The van der Waals surface area contributed by atoms with Crippen molar-refractivity contribution in [3.8, 4) is 56.5 Å². The second kappa shape index (κ2) is 12.8. The Kier molecular flexibility index (Phi) is 7.32. The SMILES string of the molecule is c1ccc(-c2nc(-c3ccc(-c4cc5ccccc5c5ccccc45)cc3)nc(-c3ccc4sc5c6ccccc6nc(-c6ccccc6)c5c4c3)n2)cc1. The van der Waals surface area contributed by atoms with Crippen molar-refractivity contribution < 1.29 is 0 Å². The number of thiophene rings is 1. The lowest BCUT2D eigenvalue weighted by Gasteiger charge is -2.12. The molecule has 0 radical (unpaired) electrons. The van der Waals surface area contributed by atoms with E-state index < -0.39 is 0 Å². The van der Waals surface area contributed by atoms with Crippen LogP contribution in [0.5, 0.6) is 0 Å².